The molecule has 1 atom stereocenters. The van der Waals surface area contributed by atoms with E-state index in [4.69, 9.17) is 16.0 Å². The van der Waals surface area contributed by atoms with Gasteiger partial charge in [0.25, 0.3) is 0 Å². The van der Waals surface area contributed by atoms with Crippen molar-refractivity contribution in [3.63, 3.8) is 0 Å². The van der Waals surface area contributed by atoms with Crippen LogP contribution in [0.15, 0.2) is 34.9 Å². The number of halogens is 1. The van der Waals surface area contributed by atoms with Gasteiger partial charge in [0, 0.05) is 31.0 Å². The molecule has 0 saturated heterocycles. The number of hydrogen-bond acceptors (Lipinski definition) is 3. The number of carbonyl (C=O) groups is 1. The number of nitrogens with zero attached hydrogens (tertiary/aromatic N) is 2. The molecule has 1 aromatic carbocycles. The Bertz CT molecular complexity index is 684. The van der Waals surface area contributed by atoms with Crippen LogP contribution in [0, 0.1) is 0 Å². The molecule has 1 heterocycles. The Morgan fingerprint density at radius 3 is 2.76 bits per heavy atom. The van der Waals surface area contributed by atoms with Crippen molar-refractivity contribution in [2.24, 2.45) is 0 Å². The maximum Gasteiger partial charge on any atom is 0.223 e. The maximum atomic E-state index is 12.6. The summed E-state index contributed by atoms with van der Waals surface area (Å²) in [5, 5.41) is 0.629. The Balaban J connectivity index is 1.98. The lowest BCUT2D eigenvalue weighted by Gasteiger charge is -2.28. The van der Waals surface area contributed by atoms with E-state index in [9.17, 15) is 4.79 Å². The number of rotatable bonds is 9. The fourth-order valence-corrected chi connectivity index (χ4v) is 2.94. The van der Waals surface area contributed by atoms with Gasteiger partial charge in [0.2, 0.25) is 5.91 Å². The van der Waals surface area contributed by atoms with Crippen LogP contribution in [-0.2, 0) is 11.2 Å². The third-order valence-electron chi connectivity index (χ3n) is 4.44. The second kappa shape index (κ2) is 9.62. The molecule has 1 aromatic heterocycles. The van der Waals surface area contributed by atoms with Gasteiger partial charge in [0.05, 0.1) is 11.2 Å². The fourth-order valence-electron chi connectivity index (χ4n) is 2.71. The number of amides is 1. The van der Waals surface area contributed by atoms with Gasteiger partial charge in [-0.1, -0.05) is 44.0 Å². The summed E-state index contributed by atoms with van der Waals surface area (Å²) in [7, 11) is 0. The molecule has 0 aliphatic heterocycles. The summed E-state index contributed by atoms with van der Waals surface area (Å²) in [6, 6.07) is 7.77. The highest BCUT2D eigenvalue weighted by Crippen LogP contribution is 2.28. The zero-order valence-electron chi connectivity index (χ0n) is 15.3. The maximum absolute atomic E-state index is 12.6. The SMILES string of the molecule is CCCCN(C(=O)CCc1ncc(-c2ccccc2Cl)o1)C(C)CC. The van der Waals surface area contributed by atoms with Gasteiger partial charge in [-0.2, -0.15) is 0 Å². The number of hydrogen-bond donors (Lipinski definition) is 0. The van der Waals surface area contributed by atoms with Crippen LogP contribution < -0.4 is 0 Å². The van der Waals surface area contributed by atoms with Crippen molar-refractivity contribution in [1.82, 2.24) is 9.88 Å². The number of oxazole rings is 1. The minimum atomic E-state index is 0.167. The average molecular weight is 363 g/mol. The van der Waals surface area contributed by atoms with E-state index >= 15 is 0 Å². The minimum Gasteiger partial charge on any atom is -0.441 e. The van der Waals surface area contributed by atoms with Crippen LogP contribution in [0.5, 0.6) is 0 Å². The number of unbranched alkanes of at least 4 members (excludes halogenated alkanes) is 1. The molecule has 2 rings (SSSR count). The van der Waals surface area contributed by atoms with Crippen molar-refractivity contribution in [2.75, 3.05) is 6.54 Å². The molecule has 0 radical (unpaired) electrons. The van der Waals surface area contributed by atoms with Crippen LogP contribution in [0.25, 0.3) is 11.3 Å². The minimum absolute atomic E-state index is 0.167. The predicted octanol–water partition coefficient (Wildman–Crippen LogP) is 5.35. The van der Waals surface area contributed by atoms with E-state index in [0.717, 1.165) is 31.4 Å². The van der Waals surface area contributed by atoms with Crippen molar-refractivity contribution < 1.29 is 9.21 Å². The Morgan fingerprint density at radius 1 is 1.32 bits per heavy atom. The Morgan fingerprint density at radius 2 is 2.08 bits per heavy atom. The summed E-state index contributed by atoms with van der Waals surface area (Å²) in [6.07, 6.45) is 5.67. The van der Waals surface area contributed by atoms with E-state index in [-0.39, 0.29) is 11.9 Å². The molecule has 0 saturated carbocycles. The third kappa shape index (κ3) is 5.33. The Labute approximate surface area is 155 Å². The second-order valence-electron chi connectivity index (χ2n) is 6.30. The average Bonchev–Trinajstić information content (AvgIpc) is 3.09. The van der Waals surface area contributed by atoms with E-state index in [1.807, 2.05) is 29.2 Å². The molecule has 136 valence electrons. The summed E-state index contributed by atoms with van der Waals surface area (Å²) in [6.45, 7) is 7.18. The molecule has 1 amide bonds. The summed E-state index contributed by atoms with van der Waals surface area (Å²) in [4.78, 5) is 18.9. The molecular weight excluding hydrogens is 336 g/mol. The largest absolute Gasteiger partial charge is 0.441 e. The lowest BCUT2D eigenvalue weighted by Crippen LogP contribution is -2.39. The fraction of sp³-hybridized carbons (Fsp3) is 0.500. The van der Waals surface area contributed by atoms with Gasteiger partial charge >= 0.3 is 0 Å². The van der Waals surface area contributed by atoms with Crippen LogP contribution >= 0.6 is 11.6 Å². The Hall–Kier alpha value is -1.81. The van der Waals surface area contributed by atoms with Gasteiger partial charge in [-0.05, 0) is 31.9 Å². The van der Waals surface area contributed by atoms with Crippen molar-refractivity contribution in [2.45, 2.75) is 58.9 Å². The number of aryl methyl sites for hydroxylation is 1. The normalized spacial score (nSPS) is 12.2. The van der Waals surface area contributed by atoms with Gasteiger partial charge < -0.3 is 9.32 Å². The molecule has 0 fully saturated rings. The van der Waals surface area contributed by atoms with Crippen LogP contribution in [0.2, 0.25) is 5.02 Å². The van der Waals surface area contributed by atoms with Crippen LogP contribution in [0.1, 0.15) is 52.3 Å². The molecule has 25 heavy (non-hydrogen) atoms. The first-order chi connectivity index (χ1) is 12.1. The molecule has 2 aromatic rings. The summed E-state index contributed by atoms with van der Waals surface area (Å²) in [5.41, 5.74) is 0.818. The number of carbonyl (C=O) groups excluding carboxylic acids is 1. The molecule has 0 aliphatic carbocycles. The van der Waals surface area contributed by atoms with E-state index in [0.29, 0.717) is 29.5 Å². The molecule has 0 N–H and O–H groups in total. The molecule has 0 spiro atoms. The quantitative estimate of drug-likeness (QED) is 0.603. The number of benzene rings is 1. The number of aromatic nitrogens is 1. The van der Waals surface area contributed by atoms with Crippen molar-refractivity contribution in [3.05, 3.63) is 41.4 Å². The Kier molecular flexibility index (Phi) is 7.51. The molecular formula is C20H27ClN2O2. The summed E-state index contributed by atoms with van der Waals surface area (Å²) in [5.74, 6) is 1.38. The van der Waals surface area contributed by atoms with Crippen LogP contribution in [-0.4, -0.2) is 28.4 Å². The van der Waals surface area contributed by atoms with Crippen molar-refractivity contribution in [3.8, 4) is 11.3 Å². The summed E-state index contributed by atoms with van der Waals surface area (Å²) >= 11 is 6.19. The van der Waals surface area contributed by atoms with Gasteiger partial charge in [-0.15, -0.1) is 0 Å². The molecule has 4 nitrogen and oxygen atoms in total. The van der Waals surface area contributed by atoms with Gasteiger partial charge in [0.1, 0.15) is 0 Å². The first kappa shape index (κ1) is 19.5. The van der Waals surface area contributed by atoms with E-state index < -0.39 is 0 Å². The first-order valence-electron chi connectivity index (χ1n) is 9.05. The highest BCUT2D eigenvalue weighted by Gasteiger charge is 2.19. The molecule has 0 bridgehead atoms. The van der Waals surface area contributed by atoms with Gasteiger partial charge in [-0.25, -0.2) is 4.98 Å². The smallest absolute Gasteiger partial charge is 0.223 e. The predicted molar refractivity (Wildman–Crippen MR) is 102 cm³/mol. The zero-order chi connectivity index (χ0) is 18.2. The topological polar surface area (TPSA) is 46.3 Å². The highest BCUT2D eigenvalue weighted by atomic mass is 35.5. The standard InChI is InChI=1S/C20H27ClN2O2/c1-4-6-13-23(15(3)5-2)20(24)12-11-19-22-14-18(25-19)16-9-7-8-10-17(16)21/h7-10,14-15H,4-6,11-13H2,1-3H3. The lowest BCUT2D eigenvalue weighted by molar-refractivity contribution is -0.133. The molecule has 0 aliphatic rings. The molecule has 1 unspecified atom stereocenters. The van der Waals surface area contributed by atoms with Gasteiger partial charge in [-0.3, -0.25) is 4.79 Å². The van der Waals surface area contributed by atoms with E-state index in [1.165, 1.54) is 0 Å². The van der Waals surface area contributed by atoms with Crippen LogP contribution in [0.3, 0.4) is 0 Å². The summed E-state index contributed by atoms with van der Waals surface area (Å²) < 4.78 is 5.78. The molecule has 5 heteroatoms. The highest BCUT2D eigenvalue weighted by molar-refractivity contribution is 6.33. The monoisotopic (exact) mass is 362 g/mol. The zero-order valence-corrected chi connectivity index (χ0v) is 16.1. The van der Waals surface area contributed by atoms with Crippen LogP contribution in [0.4, 0.5) is 0 Å². The van der Waals surface area contributed by atoms with Crippen molar-refractivity contribution in [1.29, 1.82) is 0 Å². The third-order valence-corrected chi connectivity index (χ3v) is 4.77. The second-order valence-corrected chi connectivity index (χ2v) is 6.70. The van der Waals surface area contributed by atoms with E-state index in [1.54, 1.807) is 6.20 Å². The van der Waals surface area contributed by atoms with E-state index in [2.05, 4.69) is 25.8 Å². The lowest BCUT2D eigenvalue weighted by atomic mass is 10.1. The van der Waals surface area contributed by atoms with Crippen molar-refractivity contribution >= 4 is 17.5 Å². The van der Waals surface area contributed by atoms with Gasteiger partial charge in [0.15, 0.2) is 11.7 Å². The first-order valence-corrected chi connectivity index (χ1v) is 9.43.